The molecular weight excluding hydrogens is 246 g/mol. The molecule has 2 aromatic rings. The van der Waals surface area contributed by atoms with Crippen LogP contribution in [0.15, 0.2) is 59.5 Å². The van der Waals surface area contributed by atoms with Crippen LogP contribution in [-0.4, -0.2) is 19.8 Å². The third kappa shape index (κ3) is 1.50. The first-order valence-electron chi connectivity index (χ1n) is 5.74. The molecule has 0 aliphatic carbocycles. The molecule has 1 heterocycles. The minimum atomic E-state index is -3.35. The predicted molar refractivity (Wildman–Crippen MR) is 69.7 cm³/mol. The van der Waals surface area contributed by atoms with Gasteiger partial charge in [0, 0.05) is 7.05 Å². The summed E-state index contributed by atoms with van der Waals surface area (Å²) in [6.07, 6.45) is 0. The molecule has 18 heavy (non-hydrogen) atoms. The van der Waals surface area contributed by atoms with E-state index in [1.54, 1.807) is 19.2 Å². The van der Waals surface area contributed by atoms with Crippen LogP contribution in [0.5, 0.6) is 0 Å². The van der Waals surface area contributed by atoms with E-state index in [9.17, 15) is 8.42 Å². The first-order chi connectivity index (χ1) is 8.62. The molecule has 3 rings (SSSR count). The number of nitrogens with zero attached hydrogens (tertiary/aromatic N) is 1. The highest BCUT2D eigenvalue weighted by molar-refractivity contribution is 7.89. The fraction of sp³-hybridized carbons (Fsp3) is 0.143. The zero-order valence-electron chi connectivity index (χ0n) is 9.95. The van der Waals surface area contributed by atoms with Crippen molar-refractivity contribution in [3.8, 4) is 0 Å². The molecule has 0 aromatic heterocycles. The van der Waals surface area contributed by atoms with Gasteiger partial charge in [-0.25, -0.2) is 8.42 Å². The molecule has 1 atom stereocenters. The summed E-state index contributed by atoms with van der Waals surface area (Å²) >= 11 is 0. The summed E-state index contributed by atoms with van der Waals surface area (Å²) in [6.45, 7) is 0. The van der Waals surface area contributed by atoms with Gasteiger partial charge in [-0.15, -0.1) is 0 Å². The molecule has 0 spiro atoms. The van der Waals surface area contributed by atoms with Gasteiger partial charge in [-0.2, -0.15) is 4.31 Å². The maximum Gasteiger partial charge on any atom is 0.244 e. The van der Waals surface area contributed by atoms with E-state index in [0.29, 0.717) is 4.90 Å². The fourth-order valence-corrected chi connectivity index (χ4v) is 4.01. The van der Waals surface area contributed by atoms with E-state index < -0.39 is 10.0 Å². The molecule has 0 N–H and O–H groups in total. The summed E-state index contributed by atoms with van der Waals surface area (Å²) in [6, 6.07) is 16.7. The molecule has 0 bridgehead atoms. The first-order valence-corrected chi connectivity index (χ1v) is 7.18. The molecule has 3 nitrogen and oxygen atoms in total. The minimum Gasteiger partial charge on any atom is -0.207 e. The molecule has 1 aliphatic heterocycles. The second-order valence-corrected chi connectivity index (χ2v) is 6.34. The Balaban J connectivity index is 2.25. The van der Waals surface area contributed by atoms with Crippen LogP contribution >= 0.6 is 0 Å². The van der Waals surface area contributed by atoms with Crippen LogP contribution in [0.4, 0.5) is 0 Å². The maximum atomic E-state index is 12.3. The van der Waals surface area contributed by atoms with Crippen molar-refractivity contribution in [2.45, 2.75) is 10.9 Å². The van der Waals surface area contributed by atoms with Crippen molar-refractivity contribution >= 4 is 10.0 Å². The molecule has 0 radical (unpaired) electrons. The van der Waals surface area contributed by atoms with Crippen LogP contribution in [0.3, 0.4) is 0 Å². The van der Waals surface area contributed by atoms with Crippen molar-refractivity contribution in [2.75, 3.05) is 7.05 Å². The normalized spacial score (nSPS) is 21.7. The van der Waals surface area contributed by atoms with Crippen molar-refractivity contribution in [3.05, 3.63) is 65.7 Å². The molecule has 0 unspecified atom stereocenters. The van der Waals surface area contributed by atoms with E-state index in [2.05, 4.69) is 0 Å². The Kier molecular flexibility index (Phi) is 2.50. The fourth-order valence-electron chi connectivity index (χ4n) is 2.46. The van der Waals surface area contributed by atoms with Gasteiger partial charge in [0.15, 0.2) is 0 Å². The van der Waals surface area contributed by atoms with Gasteiger partial charge in [0.05, 0.1) is 10.9 Å². The highest BCUT2D eigenvalue weighted by Crippen LogP contribution is 2.41. The summed E-state index contributed by atoms with van der Waals surface area (Å²) in [4.78, 5) is 0.418. The third-order valence-corrected chi connectivity index (χ3v) is 5.25. The third-order valence-electron chi connectivity index (χ3n) is 3.35. The van der Waals surface area contributed by atoms with Gasteiger partial charge in [-0.05, 0) is 17.2 Å². The quantitative estimate of drug-likeness (QED) is 0.788. The second-order valence-electron chi connectivity index (χ2n) is 4.37. The number of hydrogen-bond acceptors (Lipinski definition) is 2. The van der Waals surface area contributed by atoms with Crippen molar-refractivity contribution in [3.63, 3.8) is 0 Å². The molecule has 4 heteroatoms. The molecular formula is C14H13NO2S. The monoisotopic (exact) mass is 259 g/mol. The lowest BCUT2D eigenvalue weighted by Crippen LogP contribution is -2.24. The lowest BCUT2D eigenvalue weighted by atomic mass is 9.99. The molecule has 1 aliphatic rings. The zero-order chi connectivity index (χ0) is 12.8. The molecule has 0 saturated heterocycles. The van der Waals surface area contributed by atoms with Crippen molar-refractivity contribution in [1.82, 2.24) is 4.31 Å². The van der Waals surface area contributed by atoms with E-state index in [-0.39, 0.29) is 6.04 Å². The standard InChI is InChI=1S/C14H13NO2S/c1-15-14(11-7-3-2-4-8-11)12-9-5-6-10-13(12)18(15,16)17/h2-10,14H,1H3/t14-/m1/s1. The Bertz CT molecular complexity index is 680. The average Bonchev–Trinajstić information content (AvgIpc) is 2.60. The first kappa shape index (κ1) is 11.4. The average molecular weight is 259 g/mol. The van der Waals surface area contributed by atoms with Crippen LogP contribution in [0.25, 0.3) is 0 Å². The zero-order valence-corrected chi connectivity index (χ0v) is 10.8. The van der Waals surface area contributed by atoms with Crippen LogP contribution in [0.1, 0.15) is 17.2 Å². The largest absolute Gasteiger partial charge is 0.244 e. The number of rotatable bonds is 1. The number of fused-ring (bicyclic) bond motifs is 1. The highest BCUT2D eigenvalue weighted by atomic mass is 32.2. The van der Waals surface area contributed by atoms with Crippen molar-refractivity contribution in [2.24, 2.45) is 0 Å². The van der Waals surface area contributed by atoms with E-state index in [0.717, 1.165) is 11.1 Å². The molecule has 0 amide bonds. The van der Waals surface area contributed by atoms with E-state index in [1.165, 1.54) is 4.31 Å². The Morgan fingerprint density at radius 2 is 1.56 bits per heavy atom. The molecule has 92 valence electrons. The maximum absolute atomic E-state index is 12.3. The van der Waals surface area contributed by atoms with Gasteiger partial charge >= 0.3 is 0 Å². The van der Waals surface area contributed by atoms with E-state index in [4.69, 9.17) is 0 Å². The van der Waals surface area contributed by atoms with Gasteiger partial charge < -0.3 is 0 Å². The Morgan fingerprint density at radius 3 is 2.28 bits per heavy atom. The van der Waals surface area contributed by atoms with Gasteiger partial charge in [-0.1, -0.05) is 48.5 Å². The summed E-state index contributed by atoms with van der Waals surface area (Å²) in [5.41, 5.74) is 1.85. The highest BCUT2D eigenvalue weighted by Gasteiger charge is 2.40. The van der Waals surface area contributed by atoms with Gasteiger partial charge in [0.1, 0.15) is 0 Å². The van der Waals surface area contributed by atoms with Crippen LogP contribution < -0.4 is 0 Å². The van der Waals surface area contributed by atoms with Crippen molar-refractivity contribution in [1.29, 1.82) is 0 Å². The van der Waals surface area contributed by atoms with E-state index in [1.807, 2.05) is 42.5 Å². The van der Waals surface area contributed by atoms with Crippen LogP contribution in [-0.2, 0) is 10.0 Å². The van der Waals surface area contributed by atoms with Crippen LogP contribution in [0.2, 0.25) is 0 Å². The SMILES string of the molecule is CN1[C@H](c2ccccc2)c2ccccc2S1(=O)=O. The van der Waals surface area contributed by atoms with Gasteiger partial charge in [-0.3, -0.25) is 0 Å². The lowest BCUT2D eigenvalue weighted by Gasteiger charge is -2.19. The van der Waals surface area contributed by atoms with Gasteiger partial charge in [0.2, 0.25) is 10.0 Å². The molecule has 0 fully saturated rings. The van der Waals surface area contributed by atoms with E-state index >= 15 is 0 Å². The number of hydrogen-bond donors (Lipinski definition) is 0. The number of sulfonamides is 1. The summed E-state index contributed by atoms with van der Waals surface area (Å²) in [5.74, 6) is 0. The second kappa shape index (κ2) is 3.93. The summed E-state index contributed by atoms with van der Waals surface area (Å²) in [5, 5.41) is 0. The minimum absolute atomic E-state index is 0.215. The number of benzene rings is 2. The molecule has 0 saturated carbocycles. The van der Waals surface area contributed by atoms with Gasteiger partial charge in [0.25, 0.3) is 0 Å². The van der Waals surface area contributed by atoms with Crippen molar-refractivity contribution < 1.29 is 8.42 Å². The van der Waals surface area contributed by atoms with Crippen LogP contribution in [0, 0.1) is 0 Å². The Morgan fingerprint density at radius 1 is 0.944 bits per heavy atom. The Labute approximate surface area is 107 Å². The summed E-state index contributed by atoms with van der Waals surface area (Å²) in [7, 11) is -1.72. The summed E-state index contributed by atoms with van der Waals surface area (Å²) < 4.78 is 26.0. The topological polar surface area (TPSA) is 37.4 Å². The predicted octanol–water partition coefficient (Wildman–Crippen LogP) is 2.41. The lowest BCUT2D eigenvalue weighted by molar-refractivity contribution is 0.440. The smallest absolute Gasteiger partial charge is 0.207 e. The Hall–Kier alpha value is -1.65. The molecule has 2 aromatic carbocycles.